The minimum Gasteiger partial charge on any atom is -0.387 e. The highest BCUT2D eigenvalue weighted by molar-refractivity contribution is 5.81. The van der Waals surface area contributed by atoms with Gasteiger partial charge in [0.1, 0.15) is 23.8 Å². The fraction of sp³-hybridized carbons (Fsp3) is 0.300. The van der Waals surface area contributed by atoms with Crippen LogP contribution in [0.5, 0.6) is 0 Å². The molecule has 0 unspecified atom stereocenters. The number of halogens is 1. The number of nitrogens with zero attached hydrogens (tertiary/aromatic N) is 5. The number of benzene rings is 1. The number of nitrogen functional groups attached to an aromatic ring is 1. The predicted octanol–water partition coefficient (Wildman–Crippen LogP) is -0.572. The van der Waals surface area contributed by atoms with Crippen molar-refractivity contribution in [1.29, 1.82) is 0 Å². The predicted molar refractivity (Wildman–Crippen MR) is 109 cm³/mol. The standard InChI is InChI=1S/C20H21FN6O5/c1-25(9-11-8-23-27(10-11)13-4-2-12(21)3-5-13)18(30)17-15(28)16(29)19(32-17)26-7-6-14(22)24-20(26)31/h2-8,10,15-17,19,28-29H,9H2,1H3,(H2,22,24,31)/t15-,16+,17-,19+/m0/s1. The van der Waals surface area contributed by atoms with E-state index in [1.807, 2.05) is 0 Å². The first-order chi connectivity index (χ1) is 15.2. The number of amides is 1. The van der Waals surface area contributed by atoms with Crippen LogP contribution in [0.4, 0.5) is 10.2 Å². The molecule has 4 atom stereocenters. The molecule has 3 heterocycles. The summed E-state index contributed by atoms with van der Waals surface area (Å²) in [6.45, 7) is 0.136. The summed E-state index contributed by atoms with van der Waals surface area (Å²) in [6.07, 6.45) is -1.27. The van der Waals surface area contributed by atoms with Gasteiger partial charge in [0, 0.05) is 31.5 Å². The molecule has 32 heavy (non-hydrogen) atoms. The molecule has 0 bridgehead atoms. The van der Waals surface area contributed by atoms with E-state index in [9.17, 15) is 24.2 Å². The van der Waals surface area contributed by atoms with Crippen molar-refractivity contribution in [3.05, 3.63) is 70.8 Å². The summed E-state index contributed by atoms with van der Waals surface area (Å²) in [5.74, 6) is -0.961. The number of carbonyl (C=O) groups is 1. The van der Waals surface area contributed by atoms with E-state index in [2.05, 4.69) is 10.1 Å². The zero-order valence-electron chi connectivity index (χ0n) is 16.9. The number of aliphatic hydroxyl groups is 2. The highest BCUT2D eigenvalue weighted by atomic mass is 19.1. The van der Waals surface area contributed by atoms with E-state index < -0.39 is 36.1 Å². The first kappa shape index (κ1) is 21.6. The number of hydrogen-bond acceptors (Lipinski definition) is 8. The summed E-state index contributed by atoms with van der Waals surface area (Å²) >= 11 is 0. The quantitative estimate of drug-likeness (QED) is 0.474. The van der Waals surface area contributed by atoms with E-state index in [4.69, 9.17) is 10.5 Å². The maximum absolute atomic E-state index is 13.1. The van der Waals surface area contributed by atoms with E-state index >= 15 is 0 Å². The van der Waals surface area contributed by atoms with Crippen LogP contribution in [-0.2, 0) is 16.1 Å². The van der Waals surface area contributed by atoms with Crippen LogP contribution in [-0.4, -0.2) is 65.7 Å². The SMILES string of the molecule is CN(Cc1cnn(-c2ccc(F)cc2)c1)C(=O)[C@H]1O[C@@H](n2ccc(N)nc2=O)[C@H](O)[C@@H]1O. The second-order valence-corrected chi connectivity index (χ2v) is 7.43. The fourth-order valence-electron chi connectivity index (χ4n) is 3.46. The fourth-order valence-corrected chi connectivity index (χ4v) is 3.46. The Hall–Kier alpha value is -3.61. The number of nitrogens with two attached hydrogens (primary N) is 1. The number of aromatic nitrogens is 4. The highest BCUT2D eigenvalue weighted by Gasteiger charge is 2.48. The number of carbonyl (C=O) groups excluding carboxylic acids is 1. The van der Waals surface area contributed by atoms with Crippen LogP contribution in [0.2, 0.25) is 0 Å². The Morgan fingerprint density at radius 2 is 1.97 bits per heavy atom. The van der Waals surface area contributed by atoms with Crippen molar-refractivity contribution in [3.63, 3.8) is 0 Å². The van der Waals surface area contributed by atoms with Crippen molar-refractivity contribution in [2.24, 2.45) is 0 Å². The Bertz CT molecular complexity index is 1180. The summed E-state index contributed by atoms with van der Waals surface area (Å²) in [6, 6.07) is 7.10. The maximum Gasteiger partial charge on any atom is 0.351 e. The highest BCUT2D eigenvalue weighted by Crippen LogP contribution is 2.29. The number of likely N-dealkylation sites (N-methyl/N-ethyl adjacent to an activating group) is 1. The molecule has 12 heteroatoms. The molecule has 4 N–H and O–H groups in total. The van der Waals surface area contributed by atoms with Gasteiger partial charge in [0.2, 0.25) is 0 Å². The Labute approximate surface area is 181 Å². The minimum atomic E-state index is -1.55. The molecule has 0 aliphatic carbocycles. The Kier molecular flexibility index (Phi) is 5.74. The number of hydrogen-bond donors (Lipinski definition) is 3. The average Bonchev–Trinajstić information content (AvgIpc) is 3.33. The van der Waals surface area contributed by atoms with Gasteiger partial charge in [-0.1, -0.05) is 0 Å². The van der Waals surface area contributed by atoms with E-state index in [-0.39, 0.29) is 18.2 Å². The number of aliphatic hydroxyl groups excluding tert-OH is 2. The molecule has 0 spiro atoms. The second-order valence-electron chi connectivity index (χ2n) is 7.43. The van der Waals surface area contributed by atoms with Crippen molar-refractivity contribution < 1.29 is 24.1 Å². The molecule has 1 aliphatic heterocycles. The number of anilines is 1. The van der Waals surface area contributed by atoms with E-state index in [1.165, 1.54) is 41.0 Å². The third kappa shape index (κ3) is 4.10. The third-order valence-corrected chi connectivity index (χ3v) is 5.13. The molecule has 3 aromatic rings. The molecule has 2 aromatic heterocycles. The topological polar surface area (TPSA) is 149 Å². The summed E-state index contributed by atoms with van der Waals surface area (Å²) in [5.41, 5.74) is 6.00. The lowest BCUT2D eigenvalue weighted by Crippen LogP contribution is -2.43. The minimum absolute atomic E-state index is 0.00664. The van der Waals surface area contributed by atoms with Gasteiger partial charge < -0.3 is 25.6 Å². The Balaban J connectivity index is 1.46. The van der Waals surface area contributed by atoms with E-state index in [1.54, 1.807) is 24.5 Å². The maximum atomic E-state index is 13.1. The van der Waals surface area contributed by atoms with Gasteiger partial charge in [-0.25, -0.2) is 13.9 Å². The third-order valence-electron chi connectivity index (χ3n) is 5.13. The van der Waals surface area contributed by atoms with Crippen molar-refractivity contribution in [2.75, 3.05) is 12.8 Å². The van der Waals surface area contributed by atoms with Crippen molar-refractivity contribution in [2.45, 2.75) is 31.1 Å². The van der Waals surface area contributed by atoms with Gasteiger partial charge in [-0.2, -0.15) is 10.1 Å². The molecule has 1 fully saturated rings. The number of rotatable bonds is 5. The van der Waals surface area contributed by atoms with Crippen LogP contribution in [0.1, 0.15) is 11.8 Å². The molecule has 11 nitrogen and oxygen atoms in total. The van der Waals surface area contributed by atoms with E-state index in [0.717, 1.165) is 4.57 Å². The van der Waals surface area contributed by atoms with Crippen LogP contribution in [0.25, 0.3) is 5.69 Å². The molecule has 1 saturated heterocycles. The zero-order valence-corrected chi connectivity index (χ0v) is 16.9. The first-order valence-corrected chi connectivity index (χ1v) is 9.65. The summed E-state index contributed by atoms with van der Waals surface area (Å²) in [5, 5.41) is 24.9. The molecule has 0 saturated carbocycles. The van der Waals surface area contributed by atoms with Gasteiger partial charge >= 0.3 is 5.69 Å². The van der Waals surface area contributed by atoms with Crippen molar-refractivity contribution >= 4 is 11.7 Å². The molecule has 1 aliphatic rings. The van der Waals surface area contributed by atoms with Crippen LogP contribution in [0, 0.1) is 5.82 Å². The van der Waals surface area contributed by atoms with Crippen LogP contribution < -0.4 is 11.4 Å². The summed E-state index contributed by atoms with van der Waals surface area (Å²) < 4.78 is 21.1. The Morgan fingerprint density at radius 1 is 1.25 bits per heavy atom. The molecule has 168 valence electrons. The van der Waals surface area contributed by atoms with Crippen LogP contribution in [0.15, 0.2) is 53.7 Å². The van der Waals surface area contributed by atoms with E-state index in [0.29, 0.717) is 11.3 Å². The molecular weight excluding hydrogens is 423 g/mol. The smallest absolute Gasteiger partial charge is 0.351 e. The number of ether oxygens (including phenoxy) is 1. The van der Waals surface area contributed by atoms with Gasteiger partial charge in [0.05, 0.1) is 11.9 Å². The van der Waals surface area contributed by atoms with Gasteiger partial charge in [-0.05, 0) is 30.3 Å². The van der Waals surface area contributed by atoms with Crippen LogP contribution >= 0.6 is 0 Å². The van der Waals surface area contributed by atoms with Gasteiger partial charge in [-0.3, -0.25) is 9.36 Å². The second kappa shape index (κ2) is 8.49. The Morgan fingerprint density at radius 3 is 2.66 bits per heavy atom. The van der Waals surface area contributed by atoms with Gasteiger partial charge in [0.15, 0.2) is 12.3 Å². The average molecular weight is 444 g/mol. The van der Waals surface area contributed by atoms with Crippen LogP contribution in [0.3, 0.4) is 0 Å². The summed E-state index contributed by atoms with van der Waals surface area (Å²) in [4.78, 5) is 29.8. The van der Waals surface area contributed by atoms with Crippen molar-refractivity contribution in [3.8, 4) is 5.69 Å². The van der Waals surface area contributed by atoms with Crippen molar-refractivity contribution in [1.82, 2.24) is 24.2 Å². The molecule has 0 radical (unpaired) electrons. The van der Waals surface area contributed by atoms with Gasteiger partial charge in [0.25, 0.3) is 5.91 Å². The largest absolute Gasteiger partial charge is 0.387 e. The lowest BCUT2D eigenvalue weighted by atomic mass is 10.1. The lowest BCUT2D eigenvalue weighted by molar-refractivity contribution is -0.148. The molecule has 1 aromatic carbocycles. The summed E-state index contributed by atoms with van der Waals surface area (Å²) in [7, 11) is 1.50. The molecular formula is C20H21FN6O5. The first-order valence-electron chi connectivity index (χ1n) is 9.65. The zero-order chi connectivity index (χ0) is 23.0. The lowest BCUT2D eigenvalue weighted by Gasteiger charge is -2.22. The monoisotopic (exact) mass is 444 g/mol. The molecule has 4 rings (SSSR count). The normalized spacial score (nSPS) is 22.8. The van der Waals surface area contributed by atoms with Gasteiger partial charge in [-0.15, -0.1) is 0 Å². The molecule has 1 amide bonds.